The Kier molecular flexibility index (Phi) is 4.30. The lowest BCUT2D eigenvalue weighted by Crippen LogP contribution is -2.25. The molecular formula is C10H10BrNO4. The molecule has 0 unspecified atom stereocenters. The van der Waals surface area contributed by atoms with Crippen molar-refractivity contribution >= 4 is 33.9 Å². The number of rotatable bonds is 3. The molecule has 1 rings (SSSR count). The molecule has 1 amide bonds. The molecule has 1 aromatic rings. The maximum atomic E-state index is 11.3. The highest BCUT2D eigenvalue weighted by Gasteiger charge is 2.12. The van der Waals surface area contributed by atoms with Gasteiger partial charge in [-0.1, -0.05) is 0 Å². The van der Waals surface area contributed by atoms with Crippen molar-refractivity contribution < 1.29 is 18.7 Å². The van der Waals surface area contributed by atoms with Gasteiger partial charge in [-0.2, -0.15) is 0 Å². The van der Waals surface area contributed by atoms with E-state index in [9.17, 15) is 9.59 Å². The third kappa shape index (κ3) is 3.54. The van der Waals surface area contributed by atoms with Gasteiger partial charge in [0, 0.05) is 13.0 Å². The van der Waals surface area contributed by atoms with E-state index >= 15 is 0 Å². The normalized spacial score (nSPS) is 11.1. The van der Waals surface area contributed by atoms with E-state index in [1.54, 1.807) is 12.1 Å². The fraction of sp³-hybridized carbons (Fsp3) is 0.200. The summed E-state index contributed by atoms with van der Waals surface area (Å²) in [5.41, 5.74) is 0.0249. The highest BCUT2D eigenvalue weighted by atomic mass is 79.9. The van der Waals surface area contributed by atoms with Gasteiger partial charge in [0.1, 0.15) is 11.5 Å². The molecule has 0 saturated heterocycles. The molecule has 1 aromatic heterocycles. The maximum absolute atomic E-state index is 11.3. The van der Waals surface area contributed by atoms with E-state index in [4.69, 9.17) is 4.42 Å². The average Bonchev–Trinajstić information content (AvgIpc) is 2.61. The van der Waals surface area contributed by atoms with Crippen LogP contribution < -0.4 is 5.32 Å². The SMILES string of the molecule is COC(=O)C(=Cc1ccc(Br)o1)NC(C)=O. The molecule has 0 saturated carbocycles. The molecule has 1 N–H and O–H groups in total. The molecule has 1 heterocycles. The van der Waals surface area contributed by atoms with Crippen molar-refractivity contribution in [2.24, 2.45) is 0 Å². The molecule has 0 bridgehead atoms. The predicted molar refractivity (Wildman–Crippen MR) is 60.2 cm³/mol. The number of carbonyl (C=O) groups excluding carboxylic acids is 2. The van der Waals surface area contributed by atoms with Crippen LogP contribution in [-0.4, -0.2) is 19.0 Å². The largest absolute Gasteiger partial charge is 0.464 e. The zero-order valence-corrected chi connectivity index (χ0v) is 10.3. The number of esters is 1. The highest BCUT2D eigenvalue weighted by molar-refractivity contribution is 9.10. The highest BCUT2D eigenvalue weighted by Crippen LogP contribution is 2.16. The molecule has 0 aromatic carbocycles. The number of ether oxygens (including phenoxy) is 1. The van der Waals surface area contributed by atoms with Gasteiger partial charge in [0.2, 0.25) is 5.91 Å². The standard InChI is InChI=1S/C10H10BrNO4/c1-6(13)12-8(10(14)15-2)5-7-3-4-9(11)16-7/h3-5H,1-2H3,(H,12,13). The molecule has 0 aliphatic heterocycles. The molecule has 0 aliphatic carbocycles. The van der Waals surface area contributed by atoms with Crippen LogP contribution in [0.3, 0.4) is 0 Å². The summed E-state index contributed by atoms with van der Waals surface area (Å²) >= 11 is 3.13. The van der Waals surface area contributed by atoms with Crippen molar-refractivity contribution in [3.63, 3.8) is 0 Å². The molecule has 16 heavy (non-hydrogen) atoms. The Morgan fingerprint density at radius 2 is 2.19 bits per heavy atom. The summed E-state index contributed by atoms with van der Waals surface area (Å²) in [5, 5.41) is 2.36. The van der Waals surface area contributed by atoms with Gasteiger partial charge in [0.15, 0.2) is 4.67 Å². The Balaban J connectivity index is 2.95. The molecule has 0 radical (unpaired) electrons. The summed E-state index contributed by atoms with van der Waals surface area (Å²) < 4.78 is 10.2. The number of carbonyl (C=O) groups is 2. The first-order valence-electron chi connectivity index (χ1n) is 4.36. The minimum absolute atomic E-state index is 0.0249. The Bertz CT molecular complexity index is 436. The van der Waals surface area contributed by atoms with E-state index in [0.29, 0.717) is 10.4 Å². The van der Waals surface area contributed by atoms with Crippen LogP contribution in [0.5, 0.6) is 0 Å². The van der Waals surface area contributed by atoms with Crippen LogP contribution in [0.1, 0.15) is 12.7 Å². The van der Waals surface area contributed by atoms with Crippen LogP contribution >= 0.6 is 15.9 Å². The number of furan rings is 1. The van der Waals surface area contributed by atoms with E-state index in [2.05, 4.69) is 26.0 Å². The van der Waals surface area contributed by atoms with Gasteiger partial charge in [-0.15, -0.1) is 0 Å². The molecule has 0 atom stereocenters. The van der Waals surface area contributed by atoms with Crippen LogP contribution in [0, 0.1) is 0 Å². The zero-order chi connectivity index (χ0) is 12.1. The van der Waals surface area contributed by atoms with E-state index in [0.717, 1.165) is 0 Å². The van der Waals surface area contributed by atoms with Crippen molar-refractivity contribution in [1.82, 2.24) is 5.32 Å². The van der Waals surface area contributed by atoms with Gasteiger partial charge in [0.05, 0.1) is 7.11 Å². The van der Waals surface area contributed by atoms with Crippen LogP contribution in [0.2, 0.25) is 0 Å². The van der Waals surface area contributed by atoms with Crippen molar-refractivity contribution in [2.45, 2.75) is 6.92 Å². The zero-order valence-electron chi connectivity index (χ0n) is 8.74. The number of hydrogen-bond donors (Lipinski definition) is 1. The second-order valence-electron chi connectivity index (χ2n) is 2.87. The van der Waals surface area contributed by atoms with Crippen LogP contribution in [-0.2, 0) is 14.3 Å². The predicted octanol–water partition coefficient (Wildman–Crippen LogP) is 1.69. The average molecular weight is 288 g/mol. The van der Waals surface area contributed by atoms with Gasteiger partial charge < -0.3 is 14.5 Å². The second kappa shape index (κ2) is 5.50. The lowest BCUT2D eigenvalue weighted by atomic mass is 10.3. The Labute approximate surface area is 101 Å². The fourth-order valence-corrected chi connectivity index (χ4v) is 1.31. The molecule has 0 aliphatic rings. The monoisotopic (exact) mass is 287 g/mol. The summed E-state index contributed by atoms with van der Waals surface area (Å²) in [7, 11) is 1.23. The number of halogens is 1. The summed E-state index contributed by atoms with van der Waals surface area (Å²) in [6.07, 6.45) is 1.39. The second-order valence-corrected chi connectivity index (χ2v) is 3.65. The van der Waals surface area contributed by atoms with Crippen LogP contribution in [0.15, 0.2) is 26.9 Å². The number of methoxy groups -OCH3 is 1. The third-order valence-electron chi connectivity index (χ3n) is 1.60. The summed E-state index contributed by atoms with van der Waals surface area (Å²) in [6.45, 7) is 1.30. The van der Waals surface area contributed by atoms with Crippen LogP contribution in [0.25, 0.3) is 6.08 Å². The Morgan fingerprint density at radius 1 is 1.50 bits per heavy atom. The van der Waals surface area contributed by atoms with Gasteiger partial charge in [-0.05, 0) is 28.1 Å². The van der Waals surface area contributed by atoms with Crippen molar-refractivity contribution in [2.75, 3.05) is 7.11 Å². The number of nitrogens with one attached hydrogen (secondary N) is 1. The van der Waals surface area contributed by atoms with E-state index in [-0.39, 0.29) is 11.6 Å². The smallest absolute Gasteiger partial charge is 0.354 e. The van der Waals surface area contributed by atoms with E-state index < -0.39 is 5.97 Å². The van der Waals surface area contributed by atoms with Crippen molar-refractivity contribution in [3.05, 3.63) is 28.3 Å². The molecule has 5 nitrogen and oxygen atoms in total. The lowest BCUT2D eigenvalue weighted by Gasteiger charge is -2.04. The first kappa shape index (κ1) is 12.5. The van der Waals surface area contributed by atoms with Crippen molar-refractivity contribution in [3.8, 4) is 0 Å². The molecule has 86 valence electrons. The quantitative estimate of drug-likeness (QED) is 0.679. The third-order valence-corrected chi connectivity index (χ3v) is 2.02. The van der Waals surface area contributed by atoms with Crippen molar-refractivity contribution in [1.29, 1.82) is 0 Å². The maximum Gasteiger partial charge on any atom is 0.354 e. The van der Waals surface area contributed by atoms with Gasteiger partial charge in [-0.3, -0.25) is 4.79 Å². The van der Waals surface area contributed by atoms with Crippen LogP contribution in [0.4, 0.5) is 0 Å². The van der Waals surface area contributed by atoms with E-state index in [1.165, 1.54) is 20.1 Å². The Hall–Kier alpha value is -1.56. The lowest BCUT2D eigenvalue weighted by molar-refractivity contribution is -0.137. The summed E-state index contributed by atoms with van der Waals surface area (Å²) in [6, 6.07) is 3.32. The minimum Gasteiger partial charge on any atom is -0.464 e. The fourth-order valence-electron chi connectivity index (χ4n) is 0.994. The first-order valence-corrected chi connectivity index (χ1v) is 5.15. The van der Waals surface area contributed by atoms with Gasteiger partial charge in [0.25, 0.3) is 0 Å². The molecular weight excluding hydrogens is 278 g/mol. The van der Waals surface area contributed by atoms with Gasteiger partial charge in [-0.25, -0.2) is 4.79 Å². The summed E-state index contributed by atoms with van der Waals surface area (Å²) in [5.74, 6) is -0.564. The molecule has 0 spiro atoms. The summed E-state index contributed by atoms with van der Waals surface area (Å²) in [4.78, 5) is 22.2. The van der Waals surface area contributed by atoms with Gasteiger partial charge >= 0.3 is 5.97 Å². The topological polar surface area (TPSA) is 68.5 Å². The Morgan fingerprint density at radius 3 is 2.62 bits per heavy atom. The minimum atomic E-state index is -0.636. The first-order chi connectivity index (χ1) is 7.52. The molecule has 0 fully saturated rings. The number of hydrogen-bond acceptors (Lipinski definition) is 4. The molecule has 6 heteroatoms. The number of amides is 1. The van der Waals surface area contributed by atoms with E-state index in [1.807, 2.05) is 0 Å².